The third-order valence-electron chi connectivity index (χ3n) is 2.23. The Bertz CT molecular complexity index is 557. The van der Waals surface area contributed by atoms with Gasteiger partial charge in [0, 0.05) is 0 Å². The van der Waals surface area contributed by atoms with Gasteiger partial charge >= 0.3 is 12.6 Å². The van der Waals surface area contributed by atoms with E-state index in [0.717, 1.165) is 0 Å². The molecule has 1 atom stereocenters. The number of hydrogen-bond donors (Lipinski definition) is 1. The van der Waals surface area contributed by atoms with Crippen LogP contribution < -0.4 is 10.1 Å². The maximum absolute atomic E-state index is 12.2. The Morgan fingerprint density at radius 3 is 2.67 bits per heavy atom. The maximum atomic E-state index is 12.2. The lowest BCUT2D eigenvalue weighted by Crippen LogP contribution is -2.32. The van der Waals surface area contributed by atoms with Crippen molar-refractivity contribution in [1.29, 1.82) is 5.26 Å². The number of amides is 1. The summed E-state index contributed by atoms with van der Waals surface area (Å²) < 4.78 is 33.2. The predicted octanol–water partition coefficient (Wildman–Crippen LogP) is 1.47. The topological polar surface area (TPSA) is 88.4 Å². The molecule has 0 aromatic heterocycles. The zero-order chi connectivity index (χ0) is 15.8. The smallest absolute Gasteiger partial charge is 0.387 e. The molecule has 0 aliphatic rings. The quantitative estimate of drug-likeness (QED) is 0.803. The van der Waals surface area contributed by atoms with Gasteiger partial charge in [-0.1, -0.05) is 12.1 Å². The molecule has 21 heavy (non-hydrogen) atoms. The average molecular weight is 298 g/mol. The summed E-state index contributed by atoms with van der Waals surface area (Å²) in [6.07, 6.45) is -0.941. The van der Waals surface area contributed by atoms with Gasteiger partial charge in [0.15, 0.2) is 6.10 Å². The van der Waals surface area contributed by atoms with Gasteiger partial charge in [-0.3, -0.25) is 9.59 Å². The fourth-order valence-corrected chi connectivity index (χ4v) is 1.37. The maximum Gasteiger partial charge on any atom is 0.387 e. The molecule has 1 N–H and O–H groups in total. The Morgan fingerprint density at radius 1 is 1.38 bits per heavy atom. The first kappa shape index (κ1) is 16.4. The molecule has 112 valence electrons. The van der Waals surface area contributed by atoms with Crippen LogP contribution in [0.2, 0.25) is 0 Å². The fourth-order valence-electron chi connectivity index (χ4n) is 1.37. The van der Waals surface area contributed by atoms with Crippen molar-refractivity contribution in [2.45, 2.75) is 19.6 Å². The number of halogens is 2. The van der Waals surface area contributed by atoms with Crippen LogP contribution in [0.1, 0.15) is 17.3 Å². The van der Waals surface area contributed by atoms with Crippen molar-refractivity contribution < 1.29 is 27.8 Å². The van der Waals surface area contributed by atoms with Crippen LogP contribution in [0.4, 0.5) is 8.78 Å². The number of benzene rings is 1. The molecule has 0 unspecified atom stereocenters. The van der Waals surface area contributed by atoms with Crippen molar-refractivity contribution in [2.24, 2.45) is 0 Å². The first-order chi connectivity index (χ1) is 9.93. The number of nitriles is 1. The number of rotatable bonds is 6. The van der Waals surface area contributed by atoms with Crippen molar-refractivity contribution in [2.75, 3.05) is 6.54 Å². The summed E-state index contributed by atoms with van der Waals surface area (Å²) in [7, 11) is 0. The average Bonchev–Trinajstić information content (AvgIpc) is 2.44. The lowest BCUT2D eigenvalue weighted by Gasteiger charge is -2.11. The van der Waals surface area contributed by atoms with Gasteiger partial charge < -0.3 is 14.8 Å². The molecule has 1 aromatic rings. The Labute approximate surface area is 119 Å². The number of esters is 1. The molecule has 0 radical (unpaired) electrons. The second-order valence-electron chi connectivity index (χ2n) is 3.82. The van der Waals surface area contributed by atoms with E-state index in [-0.39, 0.29) is 11.3 Å². The van der Waals surface area contributed by atoms with Gasteiger partial charge in [-0.25, -0.2) is 0 Å². The Morgan fingerprint density at radius 2 is 2.05 bits per heavy atom. The number of alkyl halides is 2. The Kier molecular flexibility index (Phi) is 6.07. The lowest BCUT2D eigenvalue weighted by atomic mass is 10.2. The van der Waals surface area contributed by atoms with Gasteiger partial charge in [0.2, 0.25) is 0 Å². The highest BCUT2D eigenvalue weighted by molar-refractivity contribution is 5.98. The third kappa shape index (κ3) is 5.44. The van der Waals surface area contributed by atoms with E-state index in [1.807, 2.05) is 0 Å². The number of nitrogens with one attached hydrogen (secondary N) is 1. The minimum atomic E-state index is -3.07. The zero-order valence-electron chi connectivity index (χ0n) is 11.0. The molecule has 8 heteroatoms. The number of hydrogen-bond acceptors (Lipinski definition) is 5. The van der Waals surface area contributed by atoms with E-state index in [2.05, 4.69) is 14.8 Å². The molecule has 0 aliphatic carbocycles. The summed E-state index contributed by atoms with van der Waals surface area (Å²) in [6, 6.07) is 7.06. The molecule has 0 bridgehead atoms. The number of carbonyl (C=O) groups is 2. The van der Waals surface area contributed by atoms with Crippen molar-refractivity contribution in [3.63, 3.8) is 0 Å². The van der Waals surface area contributed by atoms with E-state index in [1.54, 1.807) is 6.07 Å². The van der Waals surface area contributed by atoms with Crippen LogP contribution in [0.3, 0.4) is 0 Å². The summed E-state index contributed by atoms with van der Waals surface area (Å²) in [6.45, 7) is -2.19. The van der Waals surface area contributed by atoms with Crippen molar-refractivity contribution in [3.8, 4) is 11.8 Å². The number of ether oxygens (including phenoxy) is 2. The molecule has 0 aliphatic heterocycles. The van der Waals surface area contributed by atoms with Crippen LogP contribution in [-0.2, 0) is 9.53 Å². The van der Waals surface area contributed by atoms with E-state index in [1.165, 1.54) is 31.2 Å². The summed E-state index contributed by atoms with van der Waals surface area (Å²) in [5.74, 6) is -1.89. The van der Waals surface area contributed by atoms with Gasteiger partial charge in [0.1, 0.15) is 18.4 Å². The highest BCUT2D eigenvalue weighted by atomic mass is 19.3. The zero-order valence-corrected chi connectivity index (χ0v) is 11.0. The van der Waals surface area contributed by atoms with E-state index in [0.29, 0.717) is 0 Å². The summed E-state index contributed by atoms with van der Waals surface area (Å²) in [4.78, 5) is 23.1. The standard InChI is InChI=1S/C13H12F2N2O4/c1-8(6-16)20-11(18)7-17-12(19)9-4-2-3-5-10(9)21-13(14)15/h2-5,8,13H,7H2,1H3,(H,17,19)/t8-/m1/s1. The minimum absolute atomic E-state index is 0.140. The van der Waals surface area contributed by atoms with Gasteiger partial charge in [0.25, 0.3) is 5.91 Å². The predicted molar refractivity (Wildman–Crippen MR) is 66.6 cm³/mol. The van der Waals surface area contributed by atoms with Crippen molar-refractivity contribution >= 4 is 11.9 Å². The van der Waals surface area contributed by atoms with Crippen LogP contribution in [0.25, 0.3) is 0 Å². The van der Waals surface area contributed by atoms with Gasteiger partial charge in [-0.05, 0) is 19.1 Å². The first-order valence-electron chi connectivity index (χ1n) is 5.85. The summed E-state index contributed by atoms with van der Waals surface area (Å²) in [5.41, 5.74) is -0.140. The Balaban J connectivity index is 2.64. The second kappa shape index (κ2) is 7.79. The fraction of sp³-hybridized carbons (Fsp3) is 0.308. The summed E-state index contributed by atoms with van der Waals surface area (Å²) in [5, 5.41) is 10.7. The minimum Gasteiger partial charge on any atom is -0.446 e. The highest BCUT2D eigenvalue weighted by Crippen LogP contribution is 2.19. The molecule has 6 nitrogen and oxygen atoms in total. The van der Waals surface area contributed by atoms with Gasteiger partial charge in [-0.15, -0.1) is 0 Å². The van der Waals surface area contributed by atoms with Crippen molar-refractivity contribution in [3.05, 3.63) is 29.8 Å². The molecule has 0 fully saturated rings. The van der Waals surface area contributed by atoms with Crippen LogP contribution in [-0.4, -0.2) is 31.1 Å². The van der Waals surface area contributed by atoms with Crippen LogP contribution in [0.15, 0.2) is 24.3 Å². The molecule has 0 spiro atoms. The monoisotopic (exact) mass is 298 g/mol. The number of nitrogens with zero attached hydrogens (tertiary/aromatic N) is 1. The highest BCUT2D eigenvalue weighted by Gasteiger charge is 2.16. The molecule has 0 heterocycles. The molecule has 1 rings (SSSR count). The van der Waals surface area contributed by atoms with Gasteiger partial charge in [-0.2, -0.15) is 14.0 Å². The first-order valence-corrected chi connectivity index (χ1v) is 5.85. The molecular weight excluding hydrogens is 286 g/mol. The SMILES string of the molecule is C[C@H](C#N)OC(=O)CNC(=O)c1ccccc1OC(F)F. The van der Waals surface area contributed by atoms with E-state index < -0.39 is 31.1 Å². The molecule has 1 amide bonds. The normalized spacial score (nSPS) is 11.4. The number of para-hydroxylation sites is 1. The number of carbonyl (C=O) groups excluding carboxylic acids is 2. The molecule has 0 saturated carbocycles. The van der Waals surface area contributed by atoms with E-state index in [4.69, 9.17) is 5.26 Å². The van der Waals surface area contributed by atoms with Crippen LogP contribution in [0, 0.1) is 11.3 Å². The van der Waals surface area contributed by atoms with E-state index in [9.17, 15) is 18.4 Å². The molecular formula is C13H12F2N2O4. The van der Waals surface area contributed by atoms with Crippen LogP contribution in [0.5, 0.6) is 5.75 Å². The lowest BCUT2D eigenvalue weighted by molar-refractivity contribution is -0.144. The Hall–Kier alpha value is -2.69. The van der Waals surface area contributed by atoms with E-state index >= 15 is 0 Å². The largest absolute Gasteiger partial charge is 0.446 e. The van der Waals surface area contributed by atoms with Gasteiger partial charge in [0.05, 0.1) is 5.56 Å². The second-order valence-corrected chi connectivity index (χ2v) is 3.82. The third-order valence-corrected chi connectivity index (χ3v) is 2.23. The molecule has 0 saturated heterocycles. The van der Waals surface area contributed by atoms with Crippen LogP contribution >= 0.6 is 0 Å². The summed E-state index contributed by atoms with van der Waals surface area (Å²) >= 11 is 0. The molecule has 1 aromatic carbocycles. The van der Waals surface area contributed by atoms with Crippen molar-refractivity contribution in [1.82, 2.24) is 5.32 Å².